The lowest BCUT2D eigenvalue weighted by molar-refractivity contribution is -0.115. The molecular weight excluding hydrogens is 364 g/mol. The summed E-state index contributed by atoms with van der Waals surface area (Å²) in [6, 6.07) is 7.28. The van der Waals surface area contributed by atoms with Crippen LogP contribution in [0.3, 0.4) is 0 Å². The van der Waals surface area contributed by atoms with E-state index in [0.717, 1.165) is 10.5 Å². The molecule has 1 aromatic rings. The van der Waals surface area contributed by atoms with E-state index in [2.05, 4.69) is 33.9 Å². The molecule has 0 saturated heterocycles. The van der Waals surface area contributed by atoms with Gasteiger partial charge in [0.25, 0.3) is 0 Å². The van der Waals surface area contributed by atoms with Crippen LogP contribution in [0.15, 0.2) is 35.2 Å². The Morgan fingerprint density at radius 2 is 1.85 bits per heavy atom. The fourth-order valence-electron chi connectivity index (χ4n) is 2.38. The van der Waals surface area contributed by atoms with Gasteiger partial charge in [0, 0.05) is 17.1 Å². The third kappa shape index (κ3) is 5.08. The lowest BCUT2D eigenvalue weighted by atomic mass is 10.1. The lowest BCUT2D eigenvalue weighted by Gasteiger charge is -2.37. The first-order chi connectivity index (χ1) is 12.0. The second kappa shape index (κ2) is 8.11. The minimum Gasteiger partial charge on any atom is -0.465 e. The van der Waals surface area contributed by atoms with Crippen molar-refractivity contribution >= 4 is 31.8 Å². The monoisotopic (exact) mass is 392 g/mol. The number of methoxy groups -OCH3 is 1. The highest BCUT2D eigenvalue weighted by atomic mass is 32.2. The zero-order valence-corrected chi connectivity index (χ0v) is 18.2. The van der Waals surface area contributed by atoms with Gasteiger partial charge in [0.1, 0.15) is 0 Å². The van der Waals surface area contributed by atoms with E-state index in [1.165, 1.54) is 18.9 Å². The number of ketones is 1. The summed E-state index contributed by atoms with van der Waals surface area (Å²) in [5, 5.41) is 0.126. The van der Waals surface area contributed by atoms with Crippen LogP contribution < -0.4 is 0 Å². The fraction of sp³-hybridized carbons (Fsp3) is 0.500. The van der Waals surface area contributed by atoms with Gasteiger partial charge in [-0.2, -0.15) is 0 Å². The van der Waals surface area contributed by atoms with Gasteiger partial charge in [-0.25, -0.2) is 4.79 Å². The Balaban J connectivity index is 1.97. The largest absolute Gasteiger partial charge is 0.465 e. The number of carbonyl (C=O) groups is 2. The summed E-state index contributed by atoms with van der Waals surface area (Å²) >= 11 is 1.53. The van der Waals surface area contributed by atoms with Crippen molar-refractivity contribution < 1.29 is 18.8 Å². The van der Waals surface area contributed by atoms with Crippen LogP contribution >= 0.6 is 11.8 Å². The molecule has 0 N–H and O–H groups in total. The molecule has 1 atom stereocenters. The average molecular weight is 393 g/mol. The van der Waals surface area contributed by atoms with Gasteiger partial charge in [0.15, 0.2) is 14.1 Å². The molecule has 4 nitrogen and oxygen atoms in total. The van der Waals surface area contributed by atoms with E-state index in [0.29, 0.717) is 17.7 Å². The molecule has 26 heavy (non-hydrogen) atoms. The first-order valence-electron chi connectivity index (χ1n) is 8.76. The molecule has 0 aromatic heterocycles. The molecule has 0 bridgehead atoms. The quantitative estimate of drug-likeness (QED) is 0.506. The Labute approximate surface area is 161 Å². The number of hydrogen-bond donors (Lipinski definition) is 0. The molecule has 0 radical (unpaired) electrons. The average Bonchev–Trinajstić information content (AvgIpc) is 2.90. The van der Waals surface area contributed by atoms with Crippen LogP contribution in [0.5, 0.6) is 0 Å². The number of benzene rings is 1. The van der Waals surface area contributed by atoms with Gasteiger partial charge in [0.05, 0.1) is 18.8 Å². The summed E-state index contributed by atoms with van der Waals surface area (Å²) in [6.45, 7) is 11.0. The maximum Gasteiger partial charge on any atom is 0.337 e. The Bertz CT molecular complexity index is 702. The standard InChI is InChI=1S/C20H28O4SSi/c1-20(2,3)26(5,6)24-16-11-17(21)18(12-16)25-13-14-7-9-15(10-8-14)19(22)23-4/h7-10,12,16H,11,13H2,1-6H3/t16-/m1/s1. The highest BCUT2D eigenvalue weighted by Gasteiger charge is 2.40. The molecule has 6 heteroatoms. The normalized spacial score (nSPS) is 18.0. The van der Waals surface area contributed by atoms with E-state index in [4.69, 9.17) is 9.16 Å². The molecule has 1 aliphatic rings. The first kappa shape index (κ1) is 20.9. The lowest BCUT2D eigenvalue weighted by Crippen LogP contribution is -2.43. The van der Waals surface area contributed by atoms with Crippen molar-refractivity contribution in [2.45, 2.75) is 57.2 Å². The van der Waals surface area contributed by atoms with Crippen molar-refractivity contribution in [1.29, 1.82) is 0 Å². The molecule has 0 fully saturated rings. The van der Waals surface area contributed by atoms with Crippen LogP contribution in [-0.4, -0.2) is 33.3 Å². The number of ether oxygens (including phenoxy) is 1. The molecule has 0 heterocycles. The third-order valence-corrected chi connectivity index (χ3v) is 10.7. The minimum absolute atomic E-state index is 0.104. The highest BCUT2D eigenvalue weighted by Crippen LogP contribution is 2.39. The van der Waals surface area contributed by atoms with Gasteiger partial charge in [-0.15, -0.1) is 11.8 Å². The van der Waals surface area contributed by atoms with Crippen molar-refractivity contribution in [3.63, 3.8) is 0 Å². The van der Waals surface area contributed by atoms with E-state index < -0.39 is 8.32 Å². The summed E-state index contributed by atoms with van der Waals surface area (Å²) in [4.78, 5) is 24.6. The van der Waals surface area contributed by atoms with Crippen LogP contribution in [0.2, 0.25) is 18.1 Å². The number of Topliss-reactive ketones (excluding diaryl/α,β-unsaturated/α-hetero) is 1. The molecule has 0 amide bonds. The van der Waals surface area contributed by atoms with Crippen LogP contribution in [0.25, 0.3) is 0 Å². The predicted octanol–water partition coefficient (Wildman–Crippen LogP) is 4.95. The van der Waals surface area contributed by atoms with Crippen LogP contribution in [0.1, 0.15) is 43.1 Å². The maximum absolute atomic E-state index is 12.3. The maximum atomic E-state index is 12.3. The van der Waals surface area contributed by atoms with Crippen molar-refractivity contribution in [3.8, 4) is 0 Å². The number of thioether (sulfide) groups is 1. The SMILES string of the molecule is COC(=O)c1ccc(CSC2=C[C@H](O[Si](C)(C)C(C)(C)C)CC2=O)cc1. The van der Waals surface area contributed by atoms with Gasteiger partial charge in [-0.3, -0.25) is 4.79 Å². The summed E-state index contributed by atoms with van der Waals surface area (Å²) in [5.74, 6) is 0.500. The molecule has 1 aliphatic carbocycles. The van der Waals surface area contributed by atoms with Gasteiger partial charge in [0.2, 0.25) is 0 Å². The van der Waals surface area contributed by atoms with Gasteiger partial charge in [-0.1, -0.05) is 32.9 Å². The summed E-state index contributed by atoms with van der Waals surface area (Å²) < 4.78 is 11.0. The first-order valence-corrected chi connectivity index (χ1v) is 12.7. The van der Waals surface area contributed by atoms with Crippen molar-refractivity contribution in [2.75, 3.05) is 7.11 Å². The molecule has 0 unspecified atom stereocenters. The number of esters is 1. The Kier molecular flexibility index (Phi) is 6.53. The number of allylic oxidation sites excluding steroid dienone is 1. The van der Waals surface area contributed by atoms with E-state index in [-0.39, 0.29) is 22.9 Å². The van der Waals surface area contributed by atoms with Gasteiger partial charge < -0.3 is 9.16 Å². The predicted molar refractivity (Wildman–Crippen MR) is 109 cm³/mol. The van der Waals surface area contributed by atoms with Gasteiger partial charge in [-0.05, 0) is 41.9 Å². The van der Waals surface area contributed by atoms with E-state index in [9.17, 15) is 9.59 Å². The molecular formula is C20H28O4SSi. The molecule has 0 aliphatic heterocycles. The second-order valence-corrected chi connectivity index (χ2v) is 13.8. The fourth-order valence-corrected chi connectivity index (χ4v) is 4.65. The number of carbonyl (C=O) groups excluding carboxylic acids is 2. The van der Waals surface area contributed by atoms with Crippen LogP contribution in [0.4, 0.5) is 0 Å². The molecule has 1 aromatic carbocycles. The minimum atomic E-state index is -1.89. The summed E-state index contributed by atoms with van der Waals surface area (Å²) in [5.41, 5.74) is 1.59. The Morgan fingerprint density at radius 1 is 1.23 bits per heavy atom. The number of rotatable bonds is 6. The molecule has 0 spiro atoms. The van der Waals surface area contributed by atoms with E-state index >= 15 is 0 Å². The van der Waals surface area contributed by atoms with Crippen molar-refractivity contribution in [3.05, 3.63) is 46.4 Å². The summed E-state index contributed by atoms with van der Waals surface area (Å²) in [7, 11) is -0.519. The van der Waals surface area contributed by atoms with E-state index in [1.807, 2.05) is 18.2 Å². The zero-order chi connectivity index (χ0) is 19.5. The smallest absolute Gasteiger partial charge is 0.337 e. The third-order valence-electron chi connectivity index (χ3n) is 5.02. The van der Waals surface area contributed by atoms with Crippen molar-refractivity contribution in [1.82, 2.24) is 0 Å². The highest BCUT2D eigenvalue weighted by molar-refractivity contribution is 8.03. The van der Waals surface area contributed by atoms with Crippen LogP contribution in [-0.2, 0) is 19.7 Å². The van der Waals surface area contributed by atoms with E-state index in [1.54, 1.807) is 12.1 Å². The summed E-state index contributed by atoms with van der Waals surface area (Å²) in [6.07, 6.45) is 2.32. The number of hydrogen-bond acceptors (Lipinski definition) is 5. The van der Waals surface area contributed by atoms with Gasteiger partial charge >= 0.3 is 5.97 Å². The zero-order valence-electron chi connectivity index (χ0n) is 16.4. The van der Waals surface area contributed by atoms with Crippen LogP contribution in [0, 0.1) is 0 Å². The van der Waals surface area contributed by atoms with Crippen molar-refractivity contribution in [2.24, 2.45) is 0 Å². The second-order valence-electron chi connectivity index (χ2n) is 8.05. The molecule has 0 saturated carbocycles. The molecule has 142 valence electrons. The topological polar surface area (TPSA) is 52.6 Å². The Hall–Kier alpha value is -1.37. The molecule has 2 rings (SSSR count). The Morgan fingerprint density at radius 3 is 2.38 bits per heavy atom.